The van der Waals surface area contributed by atoms with E-state index in [0.29, 0.717) is 0 Å². The van der Waals surface area contributed by atoms with Gasteiger partial charge in [0.2, 0.25) is 0 Å². The standard InChI is InChI=1S/C43H29N3O/c1-43(2)33-20-10-6-18-29(33)40-39(43)41(45-42(44-40)26-14-4-3-5-15-26)30-19-8-12-22-35(30)46-34-21-11-7-16-27(34)31-24-32-28-17-9-13-23-37(28)47-38(32)25-36(31)46/h3-25H,1-2H3. The van der Waals surface area contributed by atoms with Gasteiger partial charge in [-0.3, -0.25) is 0 Å². The highest BCUT2D eigenvalue weighted by atomic mass is 16.3. The second-order valence-corrected chi connectivity index (χ2v) is 13.0. The van der Waals surface area contributed by atoms with Crippen LogP contribution < -0.4 is 0 Å². The van der Waals surface area contributed by atoms with Crippen LogP contribution in [0.3, 0.4) is 0 Å². The highest BCUT2D eigenvalue weighted by molar-refractivity contribution is 6.17. The lowest BCUT2D eigenvalue weighted by molar-refractivity contribution is 0.658. The Balaban J connectivity index is 1.31. The molecule has 10 rings (SSSR count). The van der Waals surface area contributed by atoms with E-state index in [1.165, 1.54) is 21.9 Å². The summed E-state index contributed by atoms with van der Waals surface area (Å²) in [5, 5.41) is 4.66. The Labute approximate surface area is 271 Å². The van der Waals surface area contributed by atoms with Crippen molar-refractivity contribution in [2.75, 3.05) is 0 Å². The van der Waals surface area contributed by atoms with Gasteiger partial charge in [-0.05, 0) is 29.8 Å². The van der Waals surface area contributed by atoms with E-state index in [1.54, 1.807) is 0 Å². The zero-order chi connectivity index (χ0) is 31.3. The molecular formula is C43H29N3O. The monoisotopic (exact) mass is 603 g/mol. The van der Waals surface area contributed by atoms with Gasteiger partial charge in [-0.15, -0.1) is 0 Å². The summed E-state index contributed by atoms with van der Waals surface area (Å²) in [4.78, 5) is 10.7. The number of aromatic nitrogens is 3. The second-order valence-electron chi connectivity index (χ2n) is 13.0. The van der Waals surface area contributed by atoms with Gasteiger partial charge in [0.25, 0.3) is 0 Å². The Morgan fingerprint density at radius 1 is 0.532 bits per heavy atom. The highest BCUT2D eigenvalue weighted by Gasteiger charge is 2.40. The van der Waals surface area contributed by atoms with Gasteiger partial charge >= 0.3 is 0 Å². The van der Waals surface area contributed by atoms with Crippen molar-refractivity contribution in [3.63, 3.8) is 0 Å². The lowest BCUT2D eigenvalue weighted by Gasteiger charge is -2.25. The lowest BCUT2D eigenvalue weighted by atomic mass is 9.80. The molecule has 3 aromatic heterocycles. The van der Waals surface area contributed by atoms with E-state index < -0.39 is 0 Å². The number of nitrogens with zero attached hydrogens (tertiary/aromatic N) is 3. The third-order valence-corrected chi connectivity index (χ3v) is 9.99. The van der Waals surface area contributed by atoms with Crippen LogP contribution in [0.15, 0.2) is 144 Å². The van der Waals surface area contributed by atoms with Crippen LogP contribution in [0.1, 0.15) is 25.0 Å². The van der Waals surface area contributed by atoms with E-state index in [0.717, 1.165) is 72.6 Å². The van der Waals surface area contributed by atoms with Crippen LogP contribution in [0.4, 0.5) is 0 Å². The first-order chi connectivity index (χ1) is 23.1. The molecule has 9 aromatic rings. The minimum Gasteiger partial charge on any atom is -0.456 e. The first-order valence-corrected chi connectivity index (χ1v) is 16.1. The normalized spacial score (nSPS) is 13.5. The Morgan fingerprint density at radius 2 is 1.19 bits per heavy atom. The average molecular weight is 604 g/mol. The number of furan rings is 1. The minimum atomic E-state index is -0.287. The van der Waals surface area contributed by atoms with Gasteiger partial charge in [0.15, 0.2) is 5.82 Å². The molecule has 0 saturated heterocycles. The van der Waals surface area contributed by atoms with Gasteiger partial charge in [0, 0.05) is 55.3 Å². The molecule has 0 saturated carbocycles. The summed E-state index contributed by atoms with van der Waals surface area (Å²) in [6.07, 6.45) is 0. The van der Waals surface area contributed by atoms with Crippen LogP contribution in [-0.4, -0.2) is 14.5 Å². The number of hydrogen-bond acceptors (Lipinski definition) is 3. The summed E-state index contributed by atoms with van der Waals surface area (Å²) in [5.74, 6) is 0.730. The van der Waals surface area contributed by atoms with Crippen LogP contribution in [0.25, 0.3) is 83.3 Å². The quantitative estimate of drug-likeness (QED) is 0.202. The molecule has 0 radical (unpaired) electrons. The van der Waals surface area contributed by atoms with Crippen molar-refractivity contribution in [2.45, 2.75) is 19.3 Å². The predicted molar refractivity (Wildman–Crippen MR) is 192 cm³/mol. The third kappa shape index (κ3) is 3.64. The van der Waals surface area contributed by atoms with Crippen LogP contribution in [-0.2, 0) is 5.41 Å². The molecule has 1 aliphatic carbocycles. The summed E-state index contributed by atoms with van der Waals surface area (Å²) in [6, 6.07) is 49.1. The summed E-state index contributed by atoms with van der Waals surface area (Å²) >= 11 is 0. The number of hydrogen-bond donors (Lipinski definition) is 0. The molecule has 0 unspecified atom stereocenters. The van der Waals surface area contributed by atoms with Gasteiger partial charge < -0.3 is 8.98 Å². The van der Waals surface area contributed by atoms with Crippen molar-refractivity contribution >= 4 is 43.7 Å². The molecule has 47 heavy (non-hydrogen) atoms. The first-order valence-electron chi connectivity index (χ1n) is 16.1. The van der Waals surface area contributed by atoms with Crippen molar-refractivity contribution in [1.82, 2.24) is 14.5 Å². The lowest BCUT2D eigenvalue weighted by Crippen LogP contribution is -2.18. The molecule has 0 fully saturated rings. The minimum absolute atomic E-state index is 0.287. The maximum absolute atomic E-state index is 6.42. The fourth-order valence-corrected chi connectivity index (χ4v) is 7.84. The third-order valence-electron chi connectivity index (χ3n) is 9.99. The van der Waals surface area contributed by atoms with Crippen LogP contribution >= 0.6 is 0 Å². The van der Waals surface area contributed by atoms with Gasteiger partial charge in [-0.1, -0.05) is 123 Å². The molecule has 1 aliphatic rings. The molecular weight excluding hydrogens is 574 g/mol. The molecule has 4 nitrogen and oxygen atoms in total. The van der Waals surface area contributed by atoms with E-state index in [-0.39, 0.29) is 5.41 Å². The number of para-hydroxylation sites is 3. The van der Waals surface area contributed by atoms with Gasteiger partial charge in [0.1, 0.15) is 11.2 Å². The molecule has 6 aromatic carbocycles. The Morgan fingerprint density at radius 3 is 2.04 bits per heavy atom. The number of fused-ring (bicyclic) bond motifs is 9. The number of benzene rings is 6. The Kier molecular flexibility index (Phi) is 5.31. The molecule has 0 bridgehead atoms. The molecule has 4 heteroatoms. The van der Waals surface area contributed by atoms with E-state index in [1.807, 2.05) is 30.3 Å². The largest absolute Gasteiger partial charge is 0.456 e. The summed E-state index contributed by atoms with van der Waals surface area (Å²) in [6.45, 7) is 4.60. The summed E-state index contributed by atoms with van der Waals surface area (Å²) < 4.78 is 8.80. The maximum Gasteiger partial charge on any atom is 0.160 e. The SMILES string of the molecule is CC1(C)c2ccccc2-c2nc(-c3ccccc3)nc(-c3ccccc3-n3c4ccccc4c4cc5c(cc43)oc3ccccc35)c21. The van der Waals surface area contributed by atoms with Crippen molar-refractivity contribution in [3.8, 4) is 39.6 Å². The zero-order valence-corrected chi connectivity index (χ0v) is 26.0. The Hall–Kier alpha value is -6.00. The van der Waals surface area contributed by atoms with Crippen LogP contribution in [0.2, 0.25) is 0 Å². The molecule has 0 aliphatic heterocycles. The van der Waals surface area contributed by atoms with Crippen molar-refractivity contribution < 1.29 is 4.42 Å². The van der Waals surface area contributed by atoms with Crippen LogP contribution in [0, 0.1) is 0 Å². The molecule has 3 heterocycles. The fraction of sp³-hybridized carbons (Fsp3) is 0.0698. The van der Waals surface area contributed by atoms with E-state index in [4.69, 9.17) is 14.4 Å². The van der Waals surface area contributed by atoms with Crippen molar-refractivity contribution in [3.05, 3.63) is 151 Å². The fourth-order valence-electron chi connectivity index (χ4n) is 7.84. The van der Waals surface area contributed by atoms with Gasteiger partial charge in [0.05, 0.1) is 28.1 Å². The van der Waals surface area contributed by atoms with E-state index in [2.05, 4.69) is 128 Å². The molecule has 222 valence electrons. The van der Waals surface area contributed by atoms with Crippen molar-refractivity contribution in [1.29, 1.82) is 0 Å². The summed E-state index contributed by atoms with van der Waals surface area (Å²) in [7, 11) is 0. The van der Waals surface area contributed by atoms with Gasteiger partial charge in [-0.2, -0.15) is 0 Å². The molecule has 0 N–H and O–H groups in total. The Bertz CT molecular complexity index is 2710. The first kappa shape index (κ1) is 26.2. The van der Waals surface area contributed by atoms with E-state index in [9.17, 15) is 0 Å². The topological polar surface area (TPSA) is 43.9 Å². The number of rotatable bonds is 3. The second kappa shape index (κ2) is 9.51. The smallest absolute Gasteiger partial charge is 0.160 e. The maximum atomic E-state index is 6.42. The molecule has 0 amide bonds. The highest BCUT2D eigenvalue weighted by Crippen LogP contribution is 2.52. The van der Waals surface area contributed by atoms with E-state index >= 15 is 0 Å². The van der Waals surface area contributed by atoms with Crippen LogP contribution in [0.5, 0.6) is 0 Å². The van der Waals surface area contributed by atoms with Gasteiger partial charge in [-0.25, -0.2) is 9.97 Å². The van der Waals surface area contributed by atoms with Crippen molar-refractivity contribution in [2.24, 2.45) is 0 Å². The average Bonchev–Trinajstić information content (AvgIpc) is 3.72. The predicted octanol–water partition coefficient (Wildman–Crippen LogP) is 11.1. The zero-order valence-electron chi connectivity index (χ0n) is 26.0. The molecule has 0 atom stereocenters. The summed E-state index contributed by atoms with van der Waals surface area (Å²) in [5.41, 5.74) is 12.5. The molecule has 0 spiro atoms.